The third kappa shape index (κ3) is 6.81. The van der Waals surface area contributed by atoms with Crippen molar-refractivity contribution in [1.29, 1.82) is 0 Å². The summed E-state index contributed by atoms with van der Waals surface area (Å²) in [5.74, 6) is -0.351. The van der Waals surface area contributed by atoms with Crippen molar-refractivity contribution in [2.75, 3.05) is 6.61 Å². The van der Waals surface area contributed by atoms with Gasteiger partial charge >= 0.3 is 17.9 Å². The van der Waals surface area contributed by atoms with Gasteiger partial charge in [0, 0.05) is 18.1 Å². The van der Waals surface area contributed by atoms with Crippen molar-refractivity contribution in [3.05, 3.63) is 77.9 Å². The lowest BCUT2D eigenvalue weighted by molar-refractivity contribution is -0.142. The minimum atomic E-state index is -0.507. The van der Waals surface area contributed by atoms with Crippen LogP contribution in [0.15, 0.2) is 66.8 Å². The van der Waals surface area contributed by atoms with Crippen LogP contribution in [0.3, 0.4) is 0 Å². The van der Waals surface area contributed by atoms with E-state index in [9.17, 15) is 14.4 Å². The fourth-order valence-electron chi connectivity index (χ4n) is 3.41. The van der Waals surface area contributed by atoms with Gasteiger partial charge in [-0.2, -0.15) is 0 Å². The first-order chi connectivity index (χ1) is 16.4. The average Bonchev–Trinajstić information content (AvgIpc) is 3.17. The number of cyclic esters (lactones) is 1. The lowest BCUT2D eigenvalue weighted by Crippen LogP contribution is -2.31. The molecule has 3 rings (SSSR count). The van der Waals surface area contributed by atoms with Gasteiger partial charge in [-0.15, -0.1) is 0 Å². The molecule has 0 aromatic heterocycles. The molecule has 2 aromatic rings. The SMILES string of the molecule is C=C1CC(C(CCC)Oc2ccc(C(=O)Oc3ccc(/C=C/C(=O)OCC)cc3)cc2)OC1=O. The van der Waals surface area contributed by atoms with E-state index in [1.165, 1.54) is 6.08 Å². The van der Waals surface area contributed by atoms with Crippen molar-refractivity contribution < 1.29 is 33.3 Å². The fourth-order valence-corrected chi connectivity index (χ4v) is 3.41. The Morgan fingerprint density at radius 3 is 2.35 bits per heavy atom. The zero-order valence-electron chi connectivity index (χ0n) is 19.3. The zero-order chi connectivity index (χ0) is 24.5. The number of carbonyl (C=O) groups excluding carboxylic acids is 3. The van der Waals surface area contributed by atoms with Crippen LogP contribution < -0.4 is 9.47 Å². The van der Waals surface area contributed by atoms with E-state index in [0.717, 1.165) is 18.4 Å². The molecule has 2 aromatic carbocycles. The van der Waals surface area contributed by atoms with Gasteiger partial charge in [0.25, 0.3) is 0 Å². The van der Waals surface area contributed by atoms with E-state index >= 15 is 0 Å². The molecule has 0 bridgehead atoms. The summed E-state index contributed by atoms with van der Waals surface area (Å²) >= 11 is 0. The zero-order valence-corrected chi connectivity index (χ0v) is 19.3. The molecule has 1 fully saturated rings. The lowest BCUT2D eigenvalue weighted by Gasteiger charge is -2.23. The Kier molecular flexibility index (Phi) is 8.62. The summed E-state index contributed by atoms with van der Waals surface area (Å²) in [7, 11) is 0. The molecule has 2 unspecified atom stereocenters. The Morgan fingerprint density at radius 2 is 1.76 bits per heavy atom. The van der Waals surface area contributed by atoms with Crippen molar-refractivity contribution in [2.45, 2.75) is 45.3 Å². The first-order valence-electron chi connectivity index (χ1n) is 11.2. The molecule has 1 aliphatic heterocycles. The highest BCUT2D eigenvalue weighted by atomic mass is 16.6. The van der Waals surface area contributed by atoms with Gasteiger partial charge in [0.2, 0.25) is 0 Å². The molecule has 34 heavy (non-hydrogen) atoms. The summed E-state index contributed by atoms with van der Waals surface area (Å²) < 4.78 is 21.7. The Morgan fingerprint density at radius 1 is 1.09 bits per heavy atom. The van der Waals surface area contributed by atoms with Crippen molar-refractivity contribution in [3.8, 4) is 11.5 Å². The second-order valence-electron chi connectivity index (χ2n) is 7.76. The van der Waals surface area contributed by atoms with Crippen LogP contribution in [0.5, 0.6) is 11.5 Å². The maximum Gasteiger partial charge on any atom is 0.343 e. The van der Waals surface area contributed by atoms with Crippen LogP contribution in [0, 0.1) is 0 Å². The maximum atomic E-state index is 12.5. The second-order valence-corrected chi connectivity index (χ2v) is 7.76. The summed E-state index contributed by atoms with van der Waals surface area (Å²) in [6.07, 6.45) is 4.35. The van der Waals surface area contributed by atoms with Crippen LogP contribution in [0.4, 0.5) is 0 Å². The van der Waals surface area contributed by atoms with Gasteiger partial charge in [0.05, 0.1) is 12.2 Å². The lowest BCUT2D eigenvalue weighted by atomic mass is 10.0. The highest BCUT2D eigenvalue weighted by Crippen LogP contribution is 2.27. The minimum absolute atomic E-state index is 0.289. The molecule has 7 nitrogen and oxygen atoms in total. The largest absolute Gasteiger partial charge is 0.487 e. The topological polar surface area (TPSA) is 88.1 Å². The van der Waals surface area contributed by atoms with Gasteiger partial charge < -0.3 is 18.9 Å². The van der Waals surface area contributed by atoms with Crippen molar-refractivity contribution in [1.82, 2.24) is 0 Å². The number of carbonyl (C=O) groups is 3. The van der Waals surface area contributed by atoms with Gasteiger partial charge in [0.1, 0.15) is 23.7 Å². The van der Waals surface area contributed by atoms with E-state index in [2.05, 4.69) is 6.58 Å². The predicted octanol–water partition coefficient (Wildman–Crippen LogP) is 4.90. The molecule has 0 N–H and O–H groups in total. The molecule has 7 heteroatoms. The van der Waals surface area contributed by atoms with Crippen molar-refractivity contribution >= 4 is 24.0 Å². The molecule has 0 aliphatic carbocycles. The summed E-state index contributed by atoms with van der Waals surface area (Å²) in [5, 5.41) is 0. The number of esters is 3. The minimum Gasteiger partial charge on any atom is -0.487 e. The van der Waals surface area contributed by atoms with Crippen LogP contribution in [0.1, 0.15) is 49.0 Å². The van der Waals surface area contributed by atoms with Gasteiger partial charge in [-0.05, 0) is 61.4 Å². The van der Waals surface area contributed by atoms with Crippen molar-refractivity contribution in [3.63, 3.8) is 0 Å². The van der Waals surface area contributed by atoms with Crippen LogP contribution in [-0.4, -0.2) is 36.7 Å². The van der Waals surface area contributed by atoms with Crippen LogP contribution in [0.2, 0.25) is 0 Å². The van der Waals surface area contributed by atoms with Gasteiger partial charge in [0.15, 0.2) is 0 Å². The van der Waals surface area contributed by atoms with Gasteiger partial charge in [-0.1, -0.05) is 32.1 Å². The van der Waals surface area contributed by atoms with E-state index < -0.39 is 11.9 Å². The molecule has 1 saturated heterocycles. The first kappa shape index (κ1) is 24.8. The number of rotatable bonds is 10. The molecule has 0 amide bonds. The highest BCUT2D eigenvalue weighted by molar-refractivity contribution is 5.91. The van der Waals surface area contributed by atoms with Crippen molar-refractivity contribution in [2.24, 2.45) is 0 Å². The Balaban J connectivity index is 1.57. The first-order valence-corrected chi connectivity index (χ1v) is 11.2. The monoisotopic (exact) mass is 464 g/mol. The quantitative estimate of drug-likeness (QED) is 0.281. The van der Waals surface area contributed by atoms with E-state index in [4.69, 9.17) is 18.9 Å². The van der Waals surface area contributed by atoms with E-state index in [-0.39, 0.29) is 18.2 Å². The highest BCUT2D eigenvalue weighted by Gasteiger charge is 2.34. The molecular weight excluding hydrogens is 436 g/mol. The number of hydrogen-bond acceptors (Lipinski definition) is 7. The third-order valence-corrected chi connectivity index (χ3v) is 5.15. The second kappa shape index (κ2) is 11.8. The predicted molar refractivity (Wildman–Crippen MR) is 126 cm³/mol. The number of hydrogen-bond donors (Lipinski definition) is 0. The summed E-state index contributed by atoms with van der Waals surface area (Å²) in [6.45, 7) is 7.81. The third-order valence-electron chi connectivity index (χ3n) is 5.15. The average molecular weight is 465 g/mol. The number of benzene rings is 2. The molecule has 0 radical (unpaired) electrons. The van der Waals surface area contributed by atoms with Gasteiger partial charge in [-0.25, -0.2) is 14.4 Å². The molecule has 178 valence electrons. The standard InChI is InChI=1S/C27H28O7/c1-4-6-23(24-17-18(3)26(29)34-24)32-21-14-10-20(11-15-21)27(30)33-22-12-7-19(8-13-22)9-16-25(28)31-5-2/h7-16,23-24H,3-6,17H2,1-2H3/b16-9+. The number of ether oxygens (including phenoxy) is 4. The van der Waals surface area contributed by atoms with Crippen LogP contribution in [-0.2, 0) is 19.1 Å². The molecular formula is C27H28O7. The summed E-state index contributed by atoms with van der Waals surface area (Å²) in [5.41, 5.74) is 1.59. The Labute approximate surface area is 199 Å². The summed E-state index contributed by atoms with van der Waals surface area (Å²) in [6, 6.07) is 13.4. The fraction of sp³-hybridized carbons (Fsp3) is 0.296. The van der Waals surface area contributed by atoms with E-state index in [0.29, 0.717) is 35.7 Å². The molecule has 2 atom stereocenters. The summed E-state index contributed by atoms with van der Waals surface area (Å²) in [4.78, 5) is 35.5. The van der Waals surface area contributed by atoms with E-state index in [1.54, 1.807) is 61.5 Å². The van der Waals surface area contributed by atoms with Crippen LogP contribution in [0.25, 0.3) is 6.08 Å². The van der Waals surface area contributed by atoms with E-state index in [1.807, 2.05) is 6.92 Å². The Hall–Kier alpha value is -3.87. The van der Waals surface area contributed by atoms with Gasteiger partial charge in [-0.3, -0.25) is 0 Å². The molecule has 0 saturated carbocycles. The normalized spacial score (nSPS) is 16.2. The smallest absolute Gasteiger partial charge is 0.343 e. The molecule has 0 spiro atoms. The Bertz CT molecular complexity index is 1040. The molecule has 1 heterocycles. The maximum absolute atomic E-state index is 12.5. The molecule has 1 aliphatic rings. The van der Waals surface area contributed by atoms with Crippen LogP contribution >= 0.6 is 0 Å².